The second kappa shape index (κ2) is 16.7. The van der Waals surface area contributed by atoms with Crippen LogP contribution < -0.4 is 42.5 Å². The SMILES string of the molecule is O=C(N[C@@H]1C2c3ccccc3C(c3ccccc32)[C@@H]1NC(=O)c1ccccc1P(c1ccccc1)c1ccccc1)c1ccccc1P(c1ccccc1)c1ccccc1. The van der Waals surface area contributed by atoms with Gasteiger partial charge < -0.3 is 10.6 Å². The molecule has 11 rings (SSSR count). The zero-order valence-electron chi connectivity index (χ0n) is 32.8. The lowest BCUT2D eigenvalue weighted by Crippen LogP contribution is -2.62. The summed E-state index contributed by atoms with van der Waals surface area (Å²) >= 11 is 0. The quantitative estimate of drug-likeness (QED) is 0.137. The maximum absolute atomic E-state index is 15.1. The van der Waals surface area contributed by atoms with E-state index in [-0.39, 0.29) is 23.7 Å². The topological polar surface area (TPSA) is 58.2 Å². The fraction of sp³-hybridized carbons (Fsp3) is 0.0741. The maximum Gasteiger partial charge on any atom is 0.252 e. The Bertz CT molecular complexity index is 2480. The van der Waals surface area contributed by atoms with Crippen LogP contribution in [0.4, 0.5) is 0 Å². The molecule has 0 spiro atoms. The van der Waals surface area contributed by atoms with E-state index in [1.807, 2.05) is 60.7 Å². The monoisotopic (exact) mass is 812 g/mol. The first-order valence-electron chi connectivity index (χ1n) is 20.4. The van der Waals surface area contributed by atoms with Gasteiger partial charge in [-0.05, 0) is 82.1 Å². The molecule has 290 valence electrons. The molecule has 2 bridgehead atoms. The van der Waals surface area contributed by atoms with Crippen LogP contribution in [-0.4, -0.2) is 23.9 Å². The number of nitrogens with one attached hydrogen (secondary N) is 2. The van der Waals surface area contributed by atoms with E-state index in [9.17, 15) is 0 Å². The molecule has 0 aliphatic heterocycles. The molecule has 6 heteroatoms. The van der Waals surface area contributed by atoms with E-state index in [1.165, 1.54) is 43.5 Å². The third-order valence-corrected chi connectivity index (χ3v) is 16.9. The molecule has 2 atom stereocenters. The lowest BCUT2D eigenvalue weighted by molar-refractivity contribution is 0.0859. The van der Waals surface area contributed by atoms with Crippen molar-refractivity contribution in [2.45, 2.75) is 23.9 Å². The molecule has 2 amide bonds. The molecule has 8 aromatic rings. The standard InChI is InChI=1S/C54H42N2O2P2/c57-53(45-33-17-19-35-47(45)59(37-21-5-1-6-22-37)38-23-7-2-8-24-38)55-51-49-41-29-13-15-31-43(41)50(44-32-16-14-30-42(44)49)52(51)56-54(58)46-34-18-20-36-48(46)60(39-25-9-3-10-26-39)40-27-11-4-12-28-40/h1-36,49-52H,(H,55,57)(H,56,58)/t49?,50?,51-,52+. The average molecular weight is 813 g/mol. The summed E-state index contributed by atoms with van der Waals surface area (Å²) < 4.78 is 0. The lowest BCUT2D eigenvalue weighted by Gasteiger charge is -2.51. The number of fused-ring (bicyclic) bond motifs is 1. The molecule has 3 aliphatic carbocycles. The second-order valence-corrected chi connectivity index (χ2v) is 19.6. The van der Waals surface area contributed by atoms with Crippen molar-refractivity contribution in [2.75, 3.05) is 0 Å². The van der Waals surface area contributed by atoms with Gasteiger partial charge in [-0.2, -0.15) is 0 Å². The highest BCUT2D eigenvalue weighted by molar-refractivity contribution is 7.80. The molecule has 0 saturated heterocycles. The Hall–Kier alpha value is -6.44. The Morgan fingerprint density at radius 3 is 0.867 bits per heavy atom. The molecule has 3 aliphatic rings. The number of carbonyl (C=O) groups excluding carboxylic acids is 2. The first-order chi connectivity index (χ1) is 29.7. The van der Waals surface area contributed by atoms with Gasteiger partial charge >= 0.3 is 0 Å². The van der Waals surface area contributed by atoms with Crippen molar-refractivity contribution in [2.24, 2.45) is 0 Å². The van der Waals surface area contributed by atoms with Gasteiger partial charge in [-0.3, -0.25) is 9.59 Å². The number of carbonyl (C=O) groups is 2. The van der Waals surface area contributed by atoms with Gasteiger partial charge in [-0.15, -0.1) is 0 Å². The second-order valence-electron chi connectivity index (χ2n) is 15.3. The predicted octanol–water partition coefficient (Wildman–Crippen LogP) is 8.39. The molecule has 8 aromatic carbocycles. The Kier molecular flexibility index (Phi) is 10.5. The Labute approximate surface area is 353 Å². The van der Waals surface area contributed by atoms with Crippen LogP contribution in [-0.2, 0) is 0 Å². The van der Waals surface area contributed by atoms with Crippen LogP contribution in [0.5, 0.6) is 0 Å². The molecular weight excluding hydrogens is 771 g/mol. The van der Waals surface area contributed by atoms with E-state index in [0.717, 1.165) is 10.6 Å². The van der Waals surface area contributed by atoms with E-state index in [0.29, 0.717) is 11.1 Å². The molecule has 0 fully saturated rings. The van der Waals surface area contributed by atoms with Crippen LogP contribution in [0.1, 0.15) is 54.8 Å². The number of hydrogen-bond donors (Lipinski definition) is 2. The minimum atomic E-state index is -1.05. The van der Waals surface area contributed by atoms with Crippen molar-refractivity contribution in [1.29, 1.82) is 0 Å². The van der Waals surface area contributed by atoms with Gasteiger partial charge in [0.1, 0.15) is 0 Å². The van der Waals surface area contributed by atoms with Crippen LogP contribution in [0, 0.1) is 0 Å². The van der Waals surface area contributed by atoms with Crippen molar-refractivity contribution >= 4 is 59.5 Å². The molecule has 0 saturated carbocycles. The van der Waals surface area contributed by atoms with Gasteiger partial charge in [0.05, 0.1) is 12.1 Å². The number of rotatable bonds is 10. The summed E-state index contributed by atoms with van der Waals surface area (Å²) in [5.74, 6) is -0.633. The summed E-state index contributed by atoms with van der Waals surface area (Å²) in [5, 5.41) is 13.9. The highest BCUT2D eigenvalue weighted by Crippen LogP contribution is 2.53. The maximum atomic E-state index is 15.1. The fourth-order valence-corrected chi connectivity index (χ4v) is 14.3. The van der Waals surface area contributed by atoms with E-state index in [4.69, 9.17) is 0 Å². The molecule has 2 N–H and O–H groups in total. The third-order valence-electron chi connectivity index (χ3n) is 11.9. The Morgan fingerprint density at radius 2 is 0.567 bits per heavy atom. The molecular formula is C54H42N2O2P2. The first-order valence-corrected chi connectivity index (χ1v) is 23.1. The summed E-state index contributed by atoms with van der Waals surface area (Å²) in [6.07, 6.45) is 0. The molecule has 0 radical (unpaired) electrons. The molecule has 0 unspecified atom stereocenters. The van der Waals surface area contributed by atoms with Crippen molar-refractivity contribution in [3.8, 4) is 0 Å². The zero-order valence-corrected chi connectivity index (χ0v) is 34.6. The molecule has 0 heterocycles. The van der Waals surface area contributed by atoms with Crippen LogP contribution in [0.25, 0.3) is 0 Å². The van der Waals surface area contributed by atoms with E-state index in [1.54, 1.807) is 0 Å². The van der Waals surface area contributed by atoms with Crippen LogP contribution >= 0.6 is 15.8 Å². The summed E-state index contributed by atoms with van der Waals surface area (Å²) in [6.45, 7) is 0. The minimum absolute atomic E-state index is 0.145. The van der Waals surface area contributed by atoms with Gasteiger partial charge in [-0.1, -0.05) is 206 Å². The number of benzene rings is 8. The predicted molar refractivity (Wildman–Crippen MR) is 249 cm³/mol. The van der Waals surface area contributed by atoms with Crippen LogP contribution in [0.15, 0.2) is 218 Å². The van der Waals surface area contributed by atoms with Gasteiger partial charge in [0.15, 0.2) is 0 Å². The Balaban J connectivity index is 1.07. The average Bonchev–Trinajstić information content (AvgIpc) is 3.31. The number of amides is 2. The van der Waals surface area contributed by atoms with E-state index in [2.05, 4.69) is 168 Å². The summed E-state index contributed by atoms with van der Waals surface area (Å²) in [7, 11) is -2.09. The highest BCUT2D eigenvalue weighted by Gasteiger charge is 2.51. The van der Waals surface area contributed by atoms with E-state index >= 15 is 9.59 Å². The summed E-state index contributed by atoms with van der Waals surface area (Å²) in [4.78, 5) is 30.3. The van der Waals surface area contributed by atoms with Crippen molar-refractivity contribution in [1.82, 2.24) is 10.6 Å². The van der Waals surface area contributed by atoms with Gasteiger partial charge in [0, 0.05) is 23.0 Å². The number of hydrogen-bond acceptors (Lipinski definition) is 2. The lowest BCUT2D eigenvalue weighted by atomic mass is 9.59. The van der Waals surface area contributed by atoms with E-state index < -0.39 is 27.9 Å². The minimum Gasteiger partial charge on any atom is -0.346 e. The largest absolute Gasteiger partial charge is 0.346 e. The summed E-state index contributed by atoms with van der Waals surface area (Å²) in [6, 6.07) is 74.3. The van der Waals surface area contributed by atoms with Gasteiger partial charge in [-0.25, -0.2) is 0 Å². The molecule has 0 aromatic heterocycles. The van der Waals surface area contributed by atoms with Gasteiger partial charge in [0.2, 0.25) is 0 Å². The molecule has 4 nitrogen and oxygen atoms in total. The smallest absolute Gasteiger partial charge is 0.252 e. The fourth-order valence-electron chi connectivity index (χ4n) is 9.37. The zero-order chi connectivity index (χ0) is 40.4. The first kappa shape index (κ1) is 37.8. The van der Waals surface area contributed by atoms with Gasteiger partial charge in [0.25, 0.3) is 11.8 Å². The summed E-state index contributed by atoms with van der Waals surface area (Å²) in [5.41, 5.74) is 6.06. The highest BCUT2D eigenvalue weighted by atomic mass is 31.1. The third kappa shape index (κ3) is 6.97. The normalized spacial score (nSPS) is 17.4. The van der Waals surface area contributed by atoms with Crippen molar-refractivity contribution in [3.63, 3.8) is 0 Å². The van der Waals surface area contributed by atoms with Crippen LogP contribution in [0.2, 0.25) is 0 Å². The molecule has 60 heavy (non-hydrogen) atoms. The van der Waals surface area contributed by atoms with Crippen molar-refractivity contribution < 1.29 is 9.59 Å². The van der Waals surface area contributed by atoms with Crippen molar-refractivity contribution in [3.05, 3.63) is 252 Å². The Morgan fingerprint density at radius 1 is 0.317 bits per heavy atom. The van der Waals surface area contributed by atoms with Crippen LogP contribution in [0.3, 0.4) is 0 Å².